The lowest BCUT2D eigenvalue weighted by Crippen LogP contribution is -2.19. The van der Waals surface area contributed by atoms with Crippen LogP contribution in [0.15, 0.2) is 60.7 Å². The molecule has 0 bridgehead atoms. The maximum absolute atomic E-state index is 12.5. The average Bonchev–Trinajstić information content (AvgIpc) is 3.00. The zero-order valence-corrected chi connectivity index (χ0v) is 12.3. The lowest BCUT2D eigenvalue weighted by molar-refractivity contribution is 0.103. The van der Waals surface area contributed by atoms with Gasteiger partial charge in [-0.25, -0.2) is 0 Å². The summed E-state index contributed by atoms with van der Waals surface area (Å²) in [6.45, 7) is 4.91. The fourth-order valence-electron chi connectivity index (χ4n) is 2.59. The number of hydrogen-bond acceptors (Lipinski definition) is 2. The molecule has 2 nitrogen and oxygen atoms in total. The maximum Gasteiger partial charge on any atom is 0.193 e. The second-order valence-electron chi connectivity index (χ2n) is 5.56. The Morgan fingerprint density at radius 3 is 2.43 bits per heavy atom. The number of nitrogens with zero attached hydrogens (tertiary/aromatic N) is 1. The summed E-state index contributed by atoms with van der Waals surface area (Å²) in [5, 5.41) is 0. The standard InChI is InChI=1S/C19H19NO/c1-15-7-9-17(10-8-15)19(21)18-6-4-5-16(13-18)14-20-11-2-3-12-20/h2-10,13H,11-12,14H2,1H3. The molecular weight excluding hydrogens is 258 g/mol. The molecule has 0 fully saturated rings. The Balaban J connectivity index is 1.78. The first kappa shape index (κ1) is 13.8. The van der Waals surface area contributed by atoms with E-state index in [1.165, 1.54) is 11.1 Å². The van der Waals surface area contributed by atoms with Crippen LogP contribution in [0.5, 0.6) is 0 Å². The SMILES string of the molecule is Cc1ccc(C(=O)c2cccc(CN3CC=CC3)c2)cc1. The molecule has 1 aliphatic heterocycles. The number of ketones is 1. The predicted octanol–water partition coefficient (Wildman–Crippen LogP) is 3.60. The zero-order chi connectivity index (χ0) is 14.7. The van der Waals surface area contributed by atoms with Gasteiger partial charge < -0.3 is 0 Å². The highest BCUT2D eigenvalue weighted by Crippen LogP contribution is 2.15. The van der Waals surface area contributed by atoms with Crippen LogP contribution < -0.4 is 0 Å². The minimum absolute atomic E-state index is 0.0939. The van der Waals surface area contributed by atoms with E-state index in [4.69, 9.17) is 0 Å². The quantitative estimate of drug-likeness (QED) is 0.628. The zero-order valence-electron chi connectivity index (χ0n) is 12.3. The third-order valence-electron chi connectivity index (χ3n) is 3.80. The molecule has 0 aromatic heterocycles. The van der Waals surface area contributed by atoms with Gasteiger partial charge >= 0.3 is 0 Å². The molecule has 2 aromatic rings. The molecule has 2 heteroatoms. The van der Waals surface area contributed by atoms with Gasteiger partial charge in [-0.3, -0.25) is 9.69 Å². The van der Waals surface area contributed by atoms with E-state index in [0.717, 1.165) is 30.8 Å². The second kappa shape index (κ2) is 6.06. The Bertz CT molecular complexity index is 662. The topological polar surface area (TPSA) is 20.3 Å². The van der Waals surface area contributed by atoms with Crippen LogP contribution in [0, 0.1) is 6.92 Å². The summed E-state index contributed by atoms with van der Waals surface area (Å²) in [6, 6.07) is 15.7. The van der Waals surface area contributed by atoms with Crippen LogP contribution in [0.3, 0.4) is 0 Å². The van der Waals surface area contributed by atoms with Crippen molar-refractivity contribution in [2.24, 2.45) is 0 Å². The second-order valence-corrected chi connectivity index (χ2v) is 5.56. The average molecular weight is 277 g/mol. The number of rotatable bonds is 4. The van der Waals surface area contributed by atoms with E-state index in [0.29, 0.717) is 0 Å². The summed E-state index contributed by atoms with van der Waals surface area (Å²) in [7, 11) is 0. The summed E-state index contributed by atoms with van der Waals surface area (Å²) in [6.07, 6.45) is 4.36. The Morgan fingerprint density at radius 2 is 1.71 bits per heavy atom. The van der Waals surface area contributed by atoms with E-state index in [2.05, 4.69) is 23.1 Å². The highest BCUT2D eigenvalue weighted by Gasteiger charge is 2.11. The summed E-state index contributed by atoms with van der Waals surface area (Å²) < 4.78 is 0. The van der Waals surface area contributed by atoms with Gasteiger partial charge in [0.05, 0.1) is 0 Å². The van der Waals surface area contributed by atoms with E-state index in [-0.39, 0.29) is 5.78 Å². The van der Waals surface area contributed by atoms with Crippen LogP contribution in [-0.2, 0) is 6.54 Å². The molecule has 0 amide bonds. The van der Waals surface area contributed by atoms with E-state index < -0.39 is 0 Å². The third-order valence-corrected chi connectivity index (χ3v) is 3.80. The molecule has 0 spiro atoms. The summed E-state index contributed by atoms with van der Waals surface area (Å²) in [5.74, 6) is 0.0939. The largest absolute Gasteiger partial charge is 0.292 e. The van der Waals surface area contributed by atoms with Gasteiger partial charge in [-0.05, 0) is 18.6 Å². The van der Waals surface area contributed by atoms with Crippen molar-refractivity contribution in [2.45, 2.75) is 13.5 Å². The number of carbonyl (C=O) groups excluding carboxylic acids is 1. The molecule has 0 aliphatic carbocycles. The van der Waals surface area contributed by atoms with E-state index in [1.807, 2.05) is 49.4 Å². The predicted molar refractivity (Wildman–Crippen MR) is 85.5 cm³/mol. The third kappa shape index (κ3) is 3.29. The Labute approximate surface area is 125 Å². The highest BCUT2D eigenvalue weighted by atomic mass is 16.1. The maximum atomic E-state index is 12.5. The lowest BCUT2D eigenvalue weighted by atomic mass is 10.0. The van der Waals surface area contributed by atoms with E-state index >= 15 is 0 Å². The van der Waals surface area contributed by atoms with Gasteiger partial charge in [-0.1, -0.05) is 60.2 Å². The first-order valence-corrected chi connectivity index (χ1v) is 7.30. The number of hydrogen-bond donors (Lipinski definition) is 0. The van der Waals surface area contributed by atoms with Gasteiger partial charge in [0.2, 0.25) is 0 Å². The molecule has 21 heavy (non-hydrogen) atoms. The molecule has 0 radical (unpaired) electrons. The molecule has 1 aliphatic rings. The number of benzene rings is 2. The fourth-order valence-corrected chi connectivity index (χ4v) is 2.59. The van der Waals surface area contributed by atoms with Crippen LogP contribution in [0.2, 0.25) is 0 Å². The van der Waals surface area contributed by atoms with Crippen molar-refractivity contribution >= 4 is 5.78 Å². The molecule has 2 aromatic carbocycles. The van der Waals surface area contributed by atoms with Gasteiger partial charge in [0, 0.05) is 30.8 Å². The van der Waals surface area contributed by atoms with Crippen molar-refractivity contribution < 1.29 is 4.79 Å². The van der Waals surface area contributed by atoms with Crippen LogP contribution in [0.1, 0.15) is 27.0 Å². The molecule has 0 saturated heterocycles. The van der Waals surface area contributed by atoms with Crippen molar-refractivity contribution in [3.8, 4) is 0 Å². The number of aryl methyl sites for hydroxylation is 1. The van der Waals surface area contributed by atoms with Crippen molar-refractivity contribution in [3.63, 3.8) is 0 Å². The molecule has 0 unspecified atom stereocenters. The molecular formula is C19H19NO. The van der Waals surface area contributed by atoms with Gasteiger partial charge in [0.1, 0.15) is 0 Å². The van der Waals surface area contributed by atoms with Crippen molar-refractivity contribution in [1.82, 2.24) is 4.90 Å². The molecule has 0 N–H and O–H groups in total. The Kier molecular flexibility index (Phi) is 3.98. The smallest absolute Gasteiger partial charge is 0.193 e. The van der Waals surface area contributed by atoms with Crippen LogP contribution in [-0.4, -0.2) is 23.8 Å². The van der Waals surface area contributed by atoms with Gasteiger partial charge in [0.15, 0.2) is 5.78 Å². The first-order chi connectivity index (χ1) is 10.2. The Morgan fingerprint density at radius 1 is 1.00 bits per heavy atom. The fraction of sp³-hybridized carbons (Fsp3) is 0.211. The normalized spacial score (nSPS) is 14.5. The number of carbonyl (C=O) groups is 1. The highest BCUT2D eigenvalue weighted by molar-refractivity contribution is 6.09. The molecule has 0 saturated carbocycles. The molecule has 1 heterocycles. The summed E-state index contributed by atoms with van der Waals surface area (Å²) >= 11 is 0. The lowest BCUT2D eigenvalue weighted by Gasteiger charge is -2.15. The monoisotopic (exact) mass is 277 g/mol. The molecule has 3 rings (SSSR count). The van der Waals surface area contributed by atoms with Crippen molar-refractivity contribution in [3.05, 3.63) is 82.9 Å². The van der Waals surface area contributed by atoms with Crippen LogP contribution in [0.4, 0.5) is 0 Å². The van der Waals surface area contributed by atoms with Gasteiger partial charge in [-0.15, -0.1) is 0 Å². The van der Waals surface area contributed by atoms with Crippen LogP contribution in [0.25, 0.3) is 0 Å². The molecule has 106 valence electrons. The first-order valence-electron chi connectivity index (χ1n) is 7.30. The van der Waals surface area contributed by atoms with E-state index in [1.54, 1.807) is 0 Å². The molecule has 0 atom stereocenters. The summed E-state index contributed by atoms with van der Waals surface area (Å²) in [4.78, 5) is 14.9. The summed E-state index contributed by atoms with van der Waals surface area (Å²) in [5.41, 5.74) is 3.88. The van der Waals surface area contributed by atoms with Crippen LogP contribution >= 0.6 is 0 Å². The Hall–Kier alpha value is -2.19. The van der Waals surface area contributed by atoms with Gasteiger partial charge in [-0.2, -0.15) is 0 Å². The van der Waals surface area contributed by atoms with Gasteiger partial charge in [0.25, 0.3) is 0 Å². The van der Waals surface area contributed by atoms with Crippen molar-refractivity contribution in [2.75, 3.05) is 13.1 Å². The van der Waals surface area contributed by atoms with E-state index in [9.17, 15) is 4.79 Å². The minimum atomic E-state index is 0.0939. The van der Waals surface area contributed by atoms with Crippen molar-refractivity contribution in [1.29, 1.82) is 0 Å². The minimum Gasteiger partial charge on any atom is -0.292 e.